The predicted molar refractivity (Wildman–Crippen MR) is 90.2 cm³/mol. The van der Waals surface area contributed by atoms with Crippen LogP contribution in [0.15, 0.2) is 48.5 Å². The summed E-state index contributed by atoms with van der Waals surface area (Å²) < 4.78 is 5.57. The van der Waals surface area contributed by atoms with Gasteiger partial charge >= 0.3 is 0 Å². The van der Waals surface area contributed by atoms with Crippen LogP contribution in [0.5, 0.6) is 5.75 Å². The number of para-hydroxylation sites is 1. The third kappa shape index (κ3) is 4.09. The molecule has 120 valence electrons. The van der Waals surface area contributed by atoms with Gasteiger partial charge < -0.3 is 10.1 Å². The predicted octanol–water partition coefficient (Wildman–Crippen LogP) is 2.55. The van der Waals surface area contributed by atoms with Crippen molar-refractivity contribution in [3.63, 3.8) is 0 Å². The second kappa shape index (κ2) is 7.26. The van der Waals surface area contributed by atoms with Gasteiger partial charge in [-0.2, -0.15) is 0 Å². The number of hydrogen-bond acceptors (Lipinski definition) is 4. The maximum absolute atomic E-state index is 12.1. The first-order chi connectivity index (χ1) is 11.2. The molecule has 5 heteroatoms. The molecule has 0 saturated carbocycles. The summed E-state index contributed by atoms with van der Waals surface area (Å²) in [7, 11) is 0. The smallest absolute Gasteiger partial charge is 0.262 e. The van der Waals surface area contributed by atoms with Crippen molar-refractivity contribution in [1.29, 1.82) is 0 Å². The first kappa shape index (κ1) is 15.5. The summed E-state index contributed by atoms with van der Waals surface area (Å²) in [6, 6.07) is 15.8. The van der Waals surface area contributed by atoms with Crippen LogP contribution in [0.25, 0.3) is 0 Å². The van der Waals surface area contributed by atoms with Crippen LogP contribution in [-0.4, -0.2) is 19.1 Å². The average Bonchev–Trinajstić information content (AvgIpc) is 3.09. The second-order valence-electron chi connectivity index (χ2n) is 5.64. The van der Waals surface area contributed by atoms with Crippen LogP contribution >= 0.6 is 0 Å². The molecule has 0 aliphatic carbocycles. The van der Waals surface area contributed by atoms with Gasteiger partial charge in [-0.05, 0) is 42.7 Å². The molecular weight excluding hydrogens is 290 g/mol. The second-order valence-corrected chi connectivity index (χ2v) is 5.64. The number of hydrogen-bond donors (Lipinski definition) is 3. The van der Waals surface area contributed by atoms with Crippen LogP contribution in [0.2, 0.25) is 0 Å². The molecule has 5 nitrogen and oxygen atoms in total. The Labute approximate surface area is 136 Å². The van der Waals surface area contributed by atoms with Gasteiger partial charge in [0, 0.05) is 18.3 Å². The van der Waals surface area contributed by atoms with Gasteiger partial charge in [0.05, 0.1) is 0 Å². The minimum atomic E-state index is -0.164. The Balaban J connectivity index is 1.57. The molecule has 0 spiro atoms. The molecule has 3 rings (SSSR count). The number of aryl methyl sites for hydroxylation is 1. The number of benzene rings is 2. The number of ether oxygens (including phenoxy) is 1. The van der Waals surface area contributed by atoms with E-state index >= 15 is 0 Å². The molecule has 1 unspecified atom stereocenters. The molecule has 2 aromatic carbocycles. The molecule has 1 saturated heterocycles. The molecule has 23 heavy (non-hydrogen) atoms. The molecule has 1 amide bonds. The van der Waals surface area contributed by atoms with Crippen molar-refractivity contribution in [3.05, 3.63) is 59.7 Å². The van der Waals surface area contributed by atoms with E-state index in [1.54, 1.807) is 0 Å². The van der Waals surface area contributed by atoms with Crippen molar-refractivity contribution in [2.75, 3.05) is 18.5 Å². The first-order valence-electron chi connectivity index (χ1n) is 7.79. The van der Waals surface area contributed by atoms with E-state index in [0.29, 0.717) is 0 Å². The molecule has 1 heterocycles. The molecule has 3 N–H and O–H groups in total. The van der Waals surface area contributed by atoms with Crippen molar-refractivity contribution in [1.82, 2.24) is 10.9 Å². The number of hydrazine groups is 1. The standard InChI is InChI=1S/C18H21N3O2/c1-13-5-2-3-8-17(13)23-12-18(22)20-15-7-4-6-14(11-15)16-9-10-19-21-16/h2-8,11,16,19,21H,9-10,12H2,1H3,(H,20,22). The molecule has 0 radical (unpaired) electrons. The lowest BCUT2D eigenvalue weighted by Gasteiger charge is -2.13. The third-order valence-electron chi connectivity index (χ3n) is 3.86. The fourth-order valence-electron chi connectivity index (χ4n) is 2.63. The zero-order valence-corrected chi connectivity index (χ0v) is 13.1. The Hall–Kier alpha value is -2.37. The van der Waals surface area contributed by atoms with E-state index < -0.39 is 0 Å². The molecule has 0 bridgehead atoms. The zero-order valence-electron chi connectivity index (χ0n) is 13.1. The van der Waals surface area contributed by atoms with E-state index in [0.717, 1.165) is 35.5 Å². The van der Waals surface area contributed by atoms with Crippen LogP contribution in [0.1, 0.15) is 23.6 Å². The van der Waals surface area contributed by atoms with Gasteiger partial charge in [0.15, 0.2) is 6.61 Å². The van der Waals surface area contributed by atoms with E-state index in [1.807, 2.05) is 49.4 Å². The average molecular weight is 311 g/mol. The monoisotopic (exact) mass is 311 g/mol. The summed E-state index contributed by atoms with van der Waals surface area (Å²) in [5.74, 6) is 0.570. The number of rotatable bonds is 5. The highest BCUT2D eigenvalue weighted by Gasteiger charge is 2.16. The van der Waals surface area contributed by atoms with Crippen molar-refractivity contribution < 1.29 is 9.53 Å². The Morgan fingerprint density at radius 2 is 2.13 bits per heavy atom. The maximum Gasteiger partial charge on any atom is 0.262 e. The maximum atomic E-state index is 12.1. The highest BCUT2D eigenvalue weighted by Crippen LogP contribution is 2.22. The van der Waals surface area contributed by atoms with Gasteiger partial charge in [-0.3, -0.25) is 15.6 Å². The lowest BCUT2D eigenvalue weighted by Crippen LogP contribution is -2.25. The van der Waals surface area contributed by atoms with Crippen molar-refractivity contribution in [2.24, 2.45) is 0 Å². The lowest BCUT2D eigenvalue weighted by atomic mass is 10.1. The molecule has 1 fully saturated rings. The van der Waals surface area contributed by atoms with Crippen LogP contribution in [0.3, 0.4) is 0 Å². The highest BCUT2D eigenvalue weighted by molar-refractivity contribution is 5.91. The Bertz CT molecular complexity index is 681. The van der Waals surface area contributed by atoms with E-state index in [-0.39, 0.29) is 18.6 Å². The number of carbonyl (C=O) groups excluding carboxylic acids is 1. The quantitative estimate of drug-likeness (QED) is 0.794. The topological polar surface area (TPSA) is 62.4 Å². The summed E-state index contributed by atoms with van der Waals surface area (Å²) >= 11 is 0. The van der Waals surface area contributed by atoms with Crippen LogP contribution < -0.4 is 20.9 Å². The van der Waals surface area contributed by atoms with Crippen molar-refractivity contribution >= 4 is 11.6 Å². The minimum absolute atomic E-state index is 0.00167. The molecular formula is C18H21N3O2. The summed E-state index contributed by atoms with van der Waals surface area (Å²) in [5.41, 5.74) is 9.30. The van der Waals surface area contributed by atoms with Crippen LogP contribution in [0, 0.1) is 6.92 Å². The van der Waals surface area contributed by atoms with Crippen molar-refractivity contribution in [3.8, 4) is 5.75 Å². The van der Waals surface area contributed by atoms with Gasteiger partial charge in [0.1, 0.15) is 5.75 Å². The van der Waals surface area contributed by atoms with E-state index in [4.69, 9.17) is 4.74 Å². The lowest BCUT2D eigenvalue weighted by molar-refractivity contribution is -0.118. The Morgan fingerprint density at radius 3 is 2.91 bits per heavy atom. The van der Waals surface area contributed by atoms with Crippen molar-refractivity contribution in [2.45, 2.75) is 19.4 Å². The van der Waals surface area contributed by atoms with Gasteiger partial charge in [-0.1, -0.05) is 30.3 Å². The Morgan fingerprint density at radius 1 is 1.26 bits per heavy atom. The molecule has 1 aliphatic heterocycles. The fourth-order valence-corrected chi connectivity index (χ4v) is 2.63. The largest absolute Gasteiger partial charge is 0.483 e. The minimum Gasteiger partial charge on any atom is -0.483 e. The van der Waals surface area contributed by atoms with E-state index in [9.17, 15) is 4.79 Å². The summed E-state index contributed by atoms with van der Waals surface area (Å²) in [6.45, 7) is 2.91. The van der Waals surface area contributed by atoms with Gasteiger partial charge in [-0.15, -0.1) is 0 Å². The number of amides is 1. The number of carbonyl (C=O) groups is 1. The SMILES string of the molecule is Cc1ccccc1OCC(=O)Nc1cccc(C2CCNN2)c1. The first-order valence-corrected chi connectivity index (χ1v) is 7.79. The van der Waals surface area contributed by atoms with Crippen LogP contribution in [0.4, 0.5) is 5.69 Å². The molecule has 2 aromatic rings. The Kier molecular flexibility index (Phi) is 4.90. The highest BCUT2D eigenvalue weighted by atomic mass is 16.5. The van der Waals surface area contributed by atoms with Gasteiger partial charge in [-0.25, -0.2) is 0 Å². The normalized spacial score (nSPS) is 17.0. The molecule has 1 aliphatic rings. The number of anilines is 1. The molecule has 0 aromatic heterocycles. The van der Waals surface area contributed by atoms with Gasteiger partial charge in [0.25, 0.3) is 5.91 Å². The van der Waals surface area contributed by atoms with Crippen LogP contribution in [-0.2, 0) is 4.79 Å². The number of nitrogens with one attached hydrogen (secondary N) is 3. The summed E-state index contributed by atoms with van der Waals surface area (Å²) in [4.78, 5) is 12.1. The third-order valence-corrected chi connectivity index (χ3v) is 3.86. The van der Waals surface area contributed by atoms with E-state index in [1.165, 1.54) is 0 Å². The fraction of sp³-hybridized carbons (Fsp3) is 0.278. The summed E-state index contributed by atoms with van der Waals surface area (Å²) in [5, 5.41) is 2.88. The zero-order chi connectivity index (χ0) is 16.1. The van der Waals surface area contributed by atoms with Gasteiger partial charge in [0.2, 0.25) is 0 Å². The molecule has 1 atom stereocenters. The summed E-state index contributed by atoms with van der Waals surface area (Å²) in [6.07, 6.45) is 1.04. The van der Waals surface area contributed by atoms with E-state index in [2.05, 4.69) is 22.2 Å².